The van der Waals surface area contributed by atoms with E-state index in [-0.39, 0.29) is 0 Å². The van der Waals surface area contributed by atoms with Crippen molar-refractivity contribution < 1.29 is 4.74 Å². The molecule has 1 aliphatic heterocycles. The molecule has 0 saturated carbocycles. The molecule has 0 aromatic heterocycles. The SMILES string of the molecule is CSc1ccc(C(C)NCCCN2CCOCC2)cc1. The average molecular weight is 294 g/mol. The second kappa shape index (κ2) is 8.67. The van der Waals surface area contributed by atoms with E-state index in [4.69, 9.17) is 4.74 Å². The molecule has 20 heavy (non-hydrogen) atoms. The van der Waals surface area contributed by atoms with Crippen LogP contribution < -0.4 is 5.32 Å². The van der Waals surface area contributed by atoms with Crippen LogP contribution in [0.2, 0.25) is 0 Å². The first-order valence-electron chi connectivity index (χ1n) is 7.47. The van der Waals surface area contributed by atoms with Crippen LogP contribution in [0.25, 0.3) is 0 Å². The molecule has 0 amide bonds. The molecule has 1 aliphatic rings. The van der Waals surface area contributed by atoms with Gasteiger partial charge in [0.05, 0.1) is 13.2 Å². The molecule has 1 N–H and O–H groups in total. The summed E-state index contributed by atoms with van der Waals surface area (Å²) >= 11 is 1.79. The van der Waals surface area contributed by atoms with Gasteiger partial charge in [-0.1, -0.05) is 12.1 Å². The first kappa shape index (κ1) is 15.8. The molecule has 1 atom stereocenters. The van der Waals surface area contributed by atoms with E-state index >= 15 is 0 Å². The summed E-state index contributed by atoms with van der Waals surface area (Å²) in [6, 6.07) is 9.28. The highest BCUT2D eigenvalue weighted by Crippen LogP contribution is 2.18. The number of ether oxygens (including phenoxy) is 1. The first-order valence-corrected chi connectivity index (χ1v) is 8.69. The molecule has 1 aromatic rings. The molecule has 4 heteroatoms. The number of nitrogens with one attached hydrogen (secondary N) is 1. The van der Waals surface area contributed by atoms with Gasteiger partial charge in [0.1, 0.15) is 0 Å². The maximum absolute atomic E-state index is 5.36. The van der Waals surface area contributed by atoms with E-state index in [1.807, 2.05) is 0 Å². The Bertz CT molecular complexity index is 377. The van der Waals surface area contributed by atoms with Gasteiger partial charge in [-0.25, -0.2) is 0 Å². The van der Waals surface area contributed by atoms with Crippen LogP contribution in [0.1, 0.15) is 24.9 Å². The summed E-state index contributed by atoms with van der Waals surface area (Å²) in [5, 5.41) is 3.61. The van der Waals surface area contributed by atoms with Crippen LogP contribution in [0, 0.1) is 0 Å². The Kier molecular flexibility index (Phi) is 6.87. The minimum absolute atomic E-state index is 0.426. The third kappa shape index (κ3) is 5.09. The van der Waals surface area contributed by atoms with Gasteiger partial charge < -0.3 is 10.1 Å². The van der Waals surface area contributed by atoms with E-state index < -0.39 is 0 Å². The second-order valence-electron chi connectivity index (χ2n) is 5.26. The fourth-order valence-electron chi connectivity index (χ4n) is 2.46. The maximum Gasteiger partial charge on any atom is 0.0594 e. The molecule has 0 spiro atoms. The maximum atomic E-state index is 5.36. The summed E-state index contributed by atoms with van der Waals surface area (Å²) in [5.41, 5.74) is 1.37. The highest BCUT2D eigenvalue weighted by molar-refractivity contribution is 7.98. The molecule has 0 bridgehead atoms. The van der Waals surface area contributed by atoms with Crippen molar-refractivity contribution in [3.8, 4) is 0 Å². The summed E-state index contributed by atoms with van der Waals surface area (Å²) in [6.45, 7) is 8.45. The molecule has 0 radical (unpaired) electrons. The first-order chi connectivity index (χ1) is 9.79. The molecule has 2 rings (SSSR count). The number of hydrogen-bond donors (Lipinski definition) is 1. The van der Waals surface area contributed by atoms with Crippen LogP contribution in [-0.4, -0.2) is 50.5 Å². The Labute approximate surface area is 127 Å². The Balaban J connectivity index is 1.64. The van der Waals surface area contributed by atoms with Gasteiger partial charge in [-0.05, 0) is 50.4 Å². The van der Waals surface area contributed by atoms with Crippen molar-refractivity contribution in [3.63, 3.8) is 0 Å². The van der Waals surface area contributed by atoms with Crippen LogP contribution in [0.5, 0.6) is 0 Å². The van der Waals surface area contributed by atoms with Gasteiger partial charge in [0.15, 0.2) is 0 Å². The lowest BCUT2D eigenvalue weighted by atomic mass is 10.1. The monoisotopic (exact) mass is 294 g/mol. The van der Waals surface area contributed by atoms with Gasteiger partial charge in [0.2, 0.25) is 0 Å². The van der Waals surface area contributed by atoms with Gasteiger partial charge >= 0.3 is 0 Å². The molecular formula is C16H26N2OS. The fourth-order valence-corrected chi connectivity index (χ4v) is 2.86. The predicted octanol–water partition coefficient (Wildman–Crippen LogP) is 2.78. The number of rotatable bonds is 7. The molecule has 112 valence electrons. The zero-order valence-electron chi connectivity index (χ0n) is 12.6. The van der Waals surface area contributed by atoms with Gasteiger partial charge in [-0.2, -0.15) is 0 Å². The third-order valence-electron chi connectivity index (χ3n) is 3.82. The highest BCUT2D eigenvalue weighted by Gasteiger charge is 2.10. The molecule has 0 aliphatic carbocycles. The van der Waals surface area contributed by atoms with Crippen molar-refractivity contribution in [2.45, 2.75) is 24.3 Å². The van der Waals surface area contributed by atoms with Crippen molar-refractivity contribution in [1.29, 1.82) is 0 Å². The van der Waals surface area contributed by atoms with E-state index in [1.165, 1.54) is 23.4 Å². The standard InChI is InChI=1S/C16H26N2OS/c1-14(15-4-6-16(20-2)7-5-15)17-8-3-9-18-10-12-19-13-11-18/h4-7,14,17H,3,8-13H2,1-2H3. The van der Waals surface area contributed by atoms with Gasteiger partial charge in [-0.15, -0.1) is 11.8 Å². The quantitative estimate of drug-likeness (QED) is 0.617. The van der Waals surface area contributed by atoms with Crippen molar-refractivity contribution in [3.05, 3.63) is 29.8 Å². The van der Waals surface area contributed by atoms with E-state index in [1.54, 1.807) is 11.8 Å². The summed E-state index contributed by atoms with van der Waals surface area (Å²) in [5.74, 6) is 0. The van der Waals surface area contributed by atoms with Gasteiger partial charge in [-0.3, -0.25) is 4.90 Å². The van der Waals surface area contributed by atoms with Crippen LogP contribution in [0.4, 0.5) is 0 Å². The largest absolute Gasteiger partial charge is 0.379 e. The molecule has 1 heterocycles. The third-order valence-corrected chi connectivity index (χ3v) is 4.56. The van der Waals surface area contributed by atoms with E-state index in [0.29, 0.717) is 6.04 Å². The molecule has 1 unspecified atom stereocenters. The zero-order valence-corrected chi connectivity index (χ0v) is 13.4. The van der Waals surface area contributed by atoms with Crippen LogP contribution in [0.3, 0.4) is 0 Å². The van der Waals surface area contributed by atoms with Crippen LogP contribution >= 0.6 is 11.8 Å². The minimum Gasteiger partial charge on any atom is -0.379 e. The highest BCUT2D eigenvalue weighted by atomic mass is 32.2. The zero-order chi connectivity index (χ0) is 14.2. The van der Waals surface area contributed by atoms with Gasteiger partial charge in [0.25, 0.3) is 0 Å². The van der Waals surface area contributed by atoms with E-state index in [2.05, 4.69) is 47.7 Å². The Morgan fingerprint density at radius 1 is 1.25 bits per heavy atom. The predicted molar refractivity (Wildman–Crippen MR) is 86.5 cm³/mol. The average Bonchev–Trinajstić information content (AvgIpc) is 2.52. The number of thioether (sulfide) groups is 1. The molecule has 1 saturated heterocycles. The van der Waals surface area contributed by atoms with Crippen LogP contribution in [0.15, 0.2) is 29.2 Å². The number of nitrogens with zero attached hydrogens (tertiary/aromatic N) is 1. The van der Waals surface area contributed by atoms with Crippen LogP contribution in [-0.2, 0) is 4.74 Å². The lowest BCUT2D eigenvalue weighted by Gasteiger charge is -2.26. The Hall–Kier alpha value is -0.550. The van der Waals surface area contributed by atoms with E-state index in [9.17, 15) is 0 Å². The van der Waals surface area contributed by atoms with Crippen molar-refractivity contribution in [2.24, 2.45) is 0 Å². The van der Waals surface area contributed by atoms with Crippen molar-refractivity contribution in [1.82, 2.24) is 10.2 Å². The second-order valence-corrected chi connectivity index (χ2v) is 6.14. The fraction of sp³-hybridized carbons (Fsp3) is 0.625. The molecule has 1 fully saturated rings. The Morgan fingerprint density at radius 2 is 1.95 bits per heavy atom. The van der Waals surface area contributed by atoms with Crippen molar-refractivity contribution >= 4 is 11.8 Å². The van der Waals surface area contributed by atoms with Gasteiger partial charge in [0, 0.05) is 24.0 Å². The number of benzene rings is 1. The lowest BCUT2D eigenvalue weighted by molar-refractivity contribution is 0.0374. The summed E-state index contributed by atoms with van der Waals surface area (Å²) < 4.78 is 5.36. The number of hydrogen-bond acceptors (Lipinski definition) is 4. The number of morpholine rings is 1. The summed E-state index contributed by atoms with van der Waals surface area (Å²) in [4.78, 5) is 3.82. The lowest BCUT2D eigenvalue weighted by Crippen LogP contribution is -2.37. The molecular weight excluding hydrogens is 268 g/mol. The topological polar surface area (TPSA) is 24.5 Å². The van der Waals surface area contributed by atoms with E-state index in [0.717, 1.165) is 32.8 Å². The summed E-state index contributed by atoms with van der Waals surface area (Å²) in [6.07, 6.45) is 3.32. The molecule has 1 aromatic carbocycles. The smallest absolute Gasteiger partial charge is 0.0594 e. The molecule has 3 nitrogen and oxygen atoms in total. The van der Waals surface area contributed by atoms with Crippen molar-refractivity contribution in [2.75, 3.05) is 45.6 Å². The normalized spacial score (nSPS) is 18.1. The summed E-state index contributed by atoms with van der Waals surface area (Å²) in [7, 11) is 0. The Morgan fingerprint density at radius 3 is 2.60 bits per heavy atom. The minimum atomic E-state index is 0.426.